The highest BCUT2D eigenvalue weighted by atomic mass is 35.5. The summed E-state index contributed by atoms with van der Waals surface area (Å²) in [4.78, 5) is 4.80. The third-order valence-electron chi connectivity index (χ3n) is 1.73. The largest absolute Gasteiger partial charge is 0.305 e. The Labute approximate surface area is 87.8 Å². The van der Waals surface area contributed by atoms with Gasteiger partial charge in [-0.3, -0.25) is 0 Å². The van der Waals surface area contributed by atoms with Crippen LogP contribution >= 0.6 is 23.2 Å². The lowest BCUT2D eigenvalue weighted by molar-refractivity contribution is 0.0659. The van der Waals surface area contributed by atoms with Crippen LogP contribution in [0.15, 0.2) is 18.2 Å². The SMILES string of the molecule is CONC(C)c1c(Cl)cccc1Cl. The van der Waals surface area contributed by atoms with E-state index < -0.39 is 0 Å². The normalized spacial score (nSPS) is 12.9. The molecule has 0 saturated heterocycles. The highest BCUT2D eigenvalue weighted by Gasteiger charge is 2.12. The Hall–Kier alpha value is -0.280. The van der Waals surface area contributed by atoms with Crippen LogP contribution in [0, 0.1) is 0 Å². The second-order valence-electron chi connectivity index (χ2n) is 2.68. The second kappa shape index (κ2) is 4.82. The highest BCUT2D eigenvalue weighted by molar-refractivity contribution is 6.36. The molecule has 0 aromatic heterocycles. The molecule has 0 radical (unpaired) electrons. The van der Waals surface area contributed by atoms with Crippen molar-refractivity contribution in [2.75, 3.05) is 7.11 Å². The quantitative estimate of drug-likeness (QED) is 0.789. The average molecular weight is 220 g/mol. The Bertz CT molecular complexity index is 271. The molecule has 0 spiro atoms. The van der Waals surface area contributed by atoms with Crippen molar-refractivity contribution in [3.05, 3.63) is 33.8 Å². The van der Waals surface area contributed by atoms with E-state index >= 15 is 0 Å². The molecule has 13 heavy (non-hydrogen) atoms. The fraction of sp³-hybridized carbons (Fsp3) is 0.333. The zero-order chi connectivity index (χ0) is 9.84. The first kappa shape index (κ1) is 10.8. The number of halogens is 2. The summed E-state index contributed by atoms with van der Waals surface area (Å²) in [6, 6.07) is 5.40. The van der Waals surface area contributed by atoms with Gasteiger partial charge >= 0.3 is 0 Å². The van der Waals surface area contributed by atoms with Gasteiger partial charge in [0, 0.05) is 15.6 Å². The van der Waals surface area contributed by atoms with Crippen molar-refractivity contribution >= 4 is 23.2 Å². The van der Waals surface area contributed by atoms with Gasteiger partial charge in [0.15, 0.2) is 0 Å². The molecule has 0 heterocycles. The smallest absolute Gasteiger partial charge is 0.0572 e. The molecule has 1 aromatic carbocycles. The van der Waals surface area contributed by atoms with Crippen molar-refractivity contribution in [3.8, 4) is 0 Å². The lowest BCUT2D eigenvalue weighted by Gasteiger charge is -2.15. The molecule has 1 N–H and O–H groups in total. The van der Waals surface area contributed by atoms with Gasteiger partial charge in [0.2, 0.25) is 0 Å². The van der Waals surface area contributed by atoms with Gasteiger partial charge < -0.3 is 4.84 Å². The number of hydroxylamine groups is 1. The maximum atomic E-state index is 5.98. The molecule has 0 aliphatic rings. The van der Waals surface area contributed by atoms with E-state index in [2.05, 4.69) is 5.48 Å². The lowest BCUT2D eigenvalue weighted by atomic mass is 10.1. The van der Waals surface area contributed by atoms with Crippen LogP contribution in [0.25, 0.3) is 0 Å². The van der Waals surface area contributed by atoms with Crippen molar-refractivity contribution in [1.82, 2.24) is 5.48 Å². The van der Waals surface area contributed by atoms with E-state index in [-0.39, 0.29) is 6.04 Å². The molecule has 72 valence electrons. The third-order valence-corrected chi connectivity index (χ3v) is 2.39. The van der Waals surface area contributed by atoms with Gasteiger partial charge in [-0.1, -0.05) is 29.3 Å². The molecule has 1 atom stereocenters. The first-order chi connectivity index (χ1) is 6.16. The Morgan fingerprint density at radius 3 is 2.31 bits per heavy atom. The van der Waals surface area contributed by atoms with E-state index in [0.717, 1.165) is 5.56 Å². The molecule has 0 amide bonds. The summed E-state index contributed by atoms with van der Waals surface area (Å²) in [5.74, 6) is 0. The van der Waals surface area contributed by atoms with E-state index in [1.54, 1.807) is 19.2 Å². The van der Waals surface area contributed by atoms with Crippen LogP contribution in [0.3, 0.4) is 0 Å². The fourth-order valence-electron chi connectivity index (χ4n) is 1.16. The molecular weight excluding hydrogens is 209 g/mol. The van der Waals surface area contributed by atoms with Gasteiger partial charge in [0.25, 0.3) is 0 Å². The molecule has 0 aliphatic carbocycles. The minimum atomic E-state index is -0.0220. The minimum absolute atomic E-state index is 0.0220. The fourth-order valence-corrected chi connectivity index (χ4v) is 1.88. The van der Waals surface area contributed by atoms with E-state index in [1.165, 1.54) is 0 Å². The van der Waals surface area contributed by atoms with Crippen LogP contribution in [0.1, 0.15) is 18.5 Å². The molecule has 1 aromatic rings. The zero-order valence-corrected chi connectivity index (χ0v) is 8.99. The molecule has 0 aliphatic heterocycles. The Kier molecular flexibility index (Phi) is 4.00. The van der Waals surface area contributed by atoms with Gasteiger partial charge in [0.1, 0.15) is 0 Å². The van der Waals surface area contributed by atoms with Crippen LogP contribution in [-0.4, -0.2) is 7.11 Å². The number of hydrogen-bond acceptors (Lipinski definition) is 2. The van der Waals surface area contributed by atoms with Crippen molar-refractivity contribution in [2.45, 2.75) is 13.0 Å². The van der Waals surface area contributed by atoms with Crippen molar-refractivity contribution in [2.24, 2.45) is 0 Å². The van der Waals surface area contributed by atoms with Crippen LogP contribution in [0.2, 0.25) is 10.0 Å². The molecule has 4 heteroatoms. The van der Waals surface area contributed by atoms with E-state index in [4.69, 9.17) is 28.0 Å². The average Bonchev–Trinajstić information content (AvgIpc) is 2.04. The molecule has 2 nitrogen and oxygen atoms in total. The van der Waals surface area contributed by atoms with E-state index in [1.807, 2.05) is 13.0 Å². The summed E-state index contributed by atoms with van der Waals surface area (Å²) in [7, 11) is 1.56. The van der Waals surface area contributed by atoms with E-state index in [0.29, 0.717) is 10.0 Å². The molecule has 0 fully saturated rings. The van der Waals surface area contributed by atoms with Gasteiger partial charge in [-0.2, -0.15) is 5.48 Å². The number of hydrogen-bond donors (Lipinski definition) is 1. The van der Waals surface area contributed by atoms with Crippen molar-refractivity contribution in [1.29, 1.82) is 0 Å². The summed E-state index contributed by atoms with van der Waals surface area (Å²) in [5.41, 5.74) is 3.63. The third kappa shape index (κ3) is 2.58. The number of rotatable bonds is 3. The highest BCUT2D eigenvalue weighted by Crippen LogP contribution is 2.29. The van der Waals surface area contributed by atoms with Crippen LogP contribution in [0.5, 0.6) is 0 Å². The first-order valence-electron chi connectivity index (χ1n) is 3.89. The standard InChI is InChI=1S/C9H11Cl2NO/c1-6(12-13-2)9-7(10)4-3-5-8(9)11/h3-6,12H,1-2H3. The predicted molar refractivity (Wildman–Crippen MR) is 55.0 cm³/mol. The molecule has 1 unspecified atom stereocenters. The second-order valence-corrected chi connectivity index (χ2v) is 3.49. The number of nitrogens with one attached hydrogen (secondary N) is 1. The maximum absolute atomic E-state index is 5.98. The summed E-state index contributed by atoms with van der Waals surface area (Å²) in [6.07, 6.45) is 0. The molecule has 0 saturated carbocycles. The molecule has 1 rings (SSSR count). The minimum Gasteiger partial charge on any atom is -0.305 e. The van der Waals surface area contributed by atoms with Crippen molar-refractivity contribution < 1.29 is 4.84 Å². The maximum Gasteiger partial charge on any atom is 0.0572 e. The Morgan fingerprint density at radius 1 is 1.31 bits per heavy atom. The molecule has 0 bridgehead atoms. The topological polar surface area (TPSA) is 21.3 Å². The van der Waals surface area contributed by atoms with Gasteiger partial charge in [0.05, 0.1) is 13.2 Å². The van der Waals surface area contributed by atoms with Crippen molar-refractivity contribution in [3.63, 3.8) is 0 Å². The van der Waals surface area contributed by atoms with Gasteiger partial charge in [-0.15, -0.1) is 0 Å². The Morgan fingerprint density at radius 2 is 1.85 bits per heavy atom. The number of benzene rings is 1. The summed E-state index contributed by atoms with van der Waals surface area (Å²) < 4.78 is 0. The van der Waals surface area contributed by atoms with Gasteiger partial charge in [-0.05, 0) is 19.1 Å². The first-order valence-corrected chi connectivity index (χ1v) is 4.64. The van der Waals surface area contributed by atoms with Crippen LogP contribution in [0.4, 0.5) is 0 Å². The van der Waals surface area contributed by atoms with Gasteiger partial charge in [-0.25, -0.2) is 0 Å². The van der Waals surface area contributed by atoms with E-state index in [9.17, 15) is 0 Å². The summed E-state index contributed by atoms with van der Waals surface area (Å²) in [6.45, 7) is 1.93. The monoisotopic (exact) mass is 219 g/mol. The summed E-state index contributed by atoms with van der Waals surface area (Å²) >= 11 is 12.0. The van der Waals surface area contributed by atoms with Crippen LogP contribution in [-0.2, 0) is 4.84 Å². The predicted octanol–water partition coefficient (Wildman–Crippen LogP) is 3.21. The zero-order valence-electron chi connectivity index (χ0n) is 7.47. The lowest BCUT2D eigenvalue weighted by Crippen LogP contribution is -2.17. The molecular formula is C9H11Cl2NO. The Balaban J connectivity index is 2.98. The van der Waals surface area contributed by atoms with Crippen LogP contribution < -0.4 is 5.48 Å². The summed E-state index contributed by atoms with van der Waals surface area (Å²) in [5, 5.41) is 1.29.